The molecule has 2 aliphatic carbocycles. The summed E-state index contributed by atoms with van der Waals surface area (Å²) in [7, 11) is 0. The maximum Gasteiger partial charge on any atom is 0.0159 e. The SMILES string of the molecule is CC1(C)c2cc3c(cc2-c2c1cc(-c1ccccc1)c1ccccc21)C(C)(C)c1cccc2c(-c4ccccc4)ccc-3c12. The fourth-order valence-electron chi connectivity index (χ4n) is 8.39. The van der Waals surface area contributed by atoms with Crippen LogP contribution in [-0.4, -0.2) is 0 Å². The van der Waals surface area contributed by atoms with Crippen LogP contribution < -0.4 is 0 Å². The Morgan fingerprint density at radius 2 is 0.864 bits per heavy atom. The fraction of sp³-hybridized carbons (Fsp3) is 0.136. The fourth-order valence-corrected chi connectivity index (χ4v) is 8.39. The largest absolute Gasteiger partial charge is 0.0622 e. The minimum absolute atomic E-state index is 0.128. The maximum absolute atomic E-state index is 2.56. The summed E-state index contributed by atoms with van der Waals surface area (Å²) >= 11 is 0. The van der Waals surface area contributed by atoms with Crippen LogP contribution in [0.2, 0.25) is 0 Å². The zero-order valence-corrected chi connectivity index (χ0v) is 25.7. The van der Waals surface area contributed by atoms with Gasteiger partial charge in [0.05, 0.1) is 0 Å². The van der Waals surface area contributed by atoms with Crippen LogP contribution in [0, 0.1) is 0 Å². The van der Waals surface area contributed by atoms with Crippen molar-refractivity contribution >= 4 is 21.5 Å². The molecule has 0 amide bonds. The second-order valence-electron chi connectivity index (χ2n) is 13.7. The van der Waals surface area contributed by atoms with Gasteiger partial charge in [-0.1, -0.05) is 143 Å². The summed E-state index contributed by atoms with van der Waals surface area (Å²) in [5.41, 5.74) is 16.1. The highest BCUT2D eigenvalue weighted by molar-refractivity contribution is 6.12. The van der Waals surface area contributed by atoms with Crippen molar-refractivity contribution in [3.05, 3.63) is 156 Å². The molecule has 0 aromatic heterocycles. The van der Waals surface area contributed by atoms with E-state index in [1.165, 1.54) is 88.3 Å². The van der Waals surface area contributed by atoms with Crippen molar-refractivity contribution in [3.63, 3.8) is 0 Å². The molecule has 9 rings (SSSR count). The van der Waals surface area contributed by atoms with Gasteiger partial charge in [0.25, 0.3) is 0 Å². The van der Waals surface area contributed by atoms with Gasteiger partial charge in [-0.3, -0.25) is 0 Å². The van der Waals surface area contributed by atoms with Crippen molar-refractivity contribution in [3.8, 4) is 44.5 Å². The Hall–Kier alpha value is -4.94. The molecule has 0 saturated carbocycles. The van der Waals surface area contributed by atoms with E-state index in [-0.39, 0.29) is 10.8 Å². The van der Waals surface area contributed by atoms with Crippen molar-refractivity contribution in [2.75, 3.05) is 0 Å². The maximum atomic E-state index is 2.56. The normalized spacial score (nSPS) is 15.2. The lowest BCUT2D eigenvalue weighted by Gasteiger charge is -2.36. The molecule has 7 aromatic rings. The molecule has 0 fully saturated rings. The molecule has 0 N–H and O–H groups in total. The number of hydrogen-bond acceptors (Lipinski definition) is 0. The average Bonchev–Trinajstić information content (AvgIpc) is 3.28. The van der Waals surface area contributed by atoms with E-state index in [4.69, 9.17) is 0 Å². The molecule has 0 unspecified atom stereocenters. The van der Waals surface area contributed by atoms with E-state index in [2.05, 4.69) is 161 Å². The van der Waals surface area contributed by atoms with Crippen LogP contribution >= 0.6 is 0 Å². The van der Waals surface area contributed by atoms with Crippen LogP contribution in [0.15, 0.2) is 133 Å². The third-order valence-corrected chi connectivity index (χ3v) is 10.7. The molecular weight excluding hydrogens is 528 g/mol. The van der Waals surface area contributed by atoms with Gasteiger partial charge in [0.15, 0.2) is 0 Å². The Kier molecular flexibility index (Phi) is 5.11. The van der Waals surface area contributed by atoms with Crippen LogP contribution in [0.5, 0.6) is 0 Å². The molecule has 0 radical (unpaired) electrons. The smallest absolute Gasteiger partial charge is 0.0159 e. The first kappa shape index (κ1) is 25.5. The summed E-state index contributed by atoms with van der Waals surface area (Å²) in [4.78, 5) is 0. The predicted octanol–water partition coefficient (Wildman–Crippen LogP) is 11.9. The Bertz CT molecular complexity index is 2300. The third kappa shape index (κ3) is 3.29. The lowest BCUT2D eigenvalue weighted by molar-refractivity contribution is 0.639. The van der Waals surface area contributed by atoms with E-state index in [0.717, 1.165) is 0 Å². The van der Waals surface area contributed by atoms with Gasteiger partial charge in [-0.05, 0) is 107 Å². The highest BCUT2D eigenvalue weighted by atomic mass is 14.4. The van der Waals surface area contributed by atoms with Gasteiger partial charge >= 0.3 is 0 Å². The molecular formula is C44H34. The van der Waals surface area contributed by atoms with Gasteiger partial charge in [0, 0.05) is 10.8 Å². The Morgan fingerprint density at radius 3 is 1.59 bits per heavy atom. The topological polar surface area (TPSA) is 0 Å². The second kappa shape index (κ2) is 8.80. The van der Waals surface area contributed by atoms with Crippen molar-refractivity contribution in [2.45, 2.75) is 38.5 Å². The third-order valence-electron chi connectivity index (χ3n) is 10.7. The van der Waals surface area contributed by atoms with Crippen molar-refractivity contribution in [2.24, 2.45) is 0 Å². The first-order chi connectivity index (χ1) is 21.4. The molecule has 0 atom stereocenters. The van der Waals surface area contributed by atoms with Gasteiger partial charge < -0.3 is 0 Å². The zero-order chi connectivity index (χ0) is 29.8. The molecule has 0 heterocycles. The Balaban J connectivity index is 1.35. The van der Waals surface area contributed by atoms with E-state index in [0.29, 0.717) is 0 Å². The summed E-state index contributed by atoms with van der Waals surface area (Å²) in [6.45, 7) is 9.68. The van der Waals surface area contributed by atoms with Crippen LogP contribution in [0.3, 0.4) is 0 Å². The first-order valence-electron chi connectivity index (χ1n) is 15.8. The number of hydrogen-bond donors (Lipinski definition) is 0. The summed E-state index contributed by atoms with van der Waals surface area (Å²) in [5, 5.41) is 5.41. The summed E-state index contributed by atoms with van der Waals surface area (Å²) < 4.78 is 0. The first-order valence-corrected chi connectivity index (χ1v) is 15.8. The molecule has 7 aromatic carbocycles. The quantitative estimate of drug-likeness (QED) is 0.197. The predicted molar refractivity (Wildman–Crippen MR) is 187 cm³/mol. The molecule has 0 spiro atoms. The van der Waals surface area contributed by atoms with Gasteiger partial charge in [-0.25, -0.2) is 0 Å². The average molecular weight is 563 g/mol. The lowest BCUT2D eigenvalue weighted by Crippen LogP contribution is -2.24. The summed E-state index contributed by atoms with van der Waals surface area (Å²) in [6, 6.07) is 50.0. The molecule has 44 heavy (non-hydrogen) atoms. The molecule has 0 aliphatic heterocycles. The van der Waals surface area contributed by atoms with E-state index < -0.39 is 0 Å². The highest BCUT2D eigenvalue weighted by Gasteiger charge is 2.41. The monoisotopic (exact) mass is 562 g/mol. The molecule has 0 nitrogen and oxygen atoms in total. The minimum Gasteiger partial charge on any atom is -0.0622 e. The zero-order valence-electron chi connectivity index (χ0n) is 25.7. The van der Waals surface area contributed by atoms with Crippen molar-refractivity contribution in [1.82, 2.24) is 0 Å². The second-order valence-corrected chi connectivity index (χ2v) is 13.7. The van der Waals surface area contributed by atoms with E-state index in [1.54, 1.807) is 0 Å². The van der Waals surface area contributed by atoms with Gasteiger partial charge in [-0.2, -0.15) is 0 Å². The van der Waals surface area contributed by atoms with Gasteiger partial charge in [0.2, 0.25) is 0 Å². The Morgan fingerprint density at radius 1 is 0.341 bits per heavy atom. The van der Waals surface area contributed by atoms with E-state index in [9.17, 15) is 0 Å². The number of rotatable bonds is 2. The lowest BCUT2D eigenvalue weighted by atomic mass is 9.66. The number of benzene rings is 7. The van der Waals surface area contributed by atoms with Crippen LogP contribution in [0.1, 0.15) is 49.9 Å². The minimum atomic E-state index is -0.140. The summed E-state index contributed by atoms with van der Waals surface area (Å²) in [6.07, 6.45) is 0. The highest BCUT2D eigenvalue weighted by Crippen LogP contribution is 2.58. The Labute approximate surface area is 259 Å². The molecule has 0 bridgehead atoms. The standard InChI is InChI=1S/C44H34/c1-43(2)37-21-13-20-31-29(27-14-7-5-8-15-27)22-23-33(41(31)37)35-25-39-36(26-38(35)43)42-32-19-12-11-18-30(32)34(24-40(42)44(39,3)4)28-16-9-6-10-17-28/h5-26H,1-4H3. The van der Waals surface area contributed by atoms with E-state index in [1.807, 2.05) is 0 Å². The number of fused-ring (bicyclic) bond motifs is 7. The van der Waals surface area contributed by atoms with Crippen molar-refractivity contribution < 1.29 is 0 Å². The summed E-state index contributed by atoms with van der Waals surface area (Å²) in [5.74, 6) is 0. The van der Waals surface area contributed by atoms with Crippen LogP contribution in [0.25, 0.3) is 66.1 Å². The molecule has 210 valence electrons. The van der Waals surface area contributed by atoms with Gasteiger partial charge in [0.1, 0.15) is 0 Å². The van der Waals surface area contributed by atoms with Crippen molar-refractivity contribution in [1.29, 1.82) is 0 Å². The van der Waals surface area contributed by atoms with Crippen LogP contribution in [0.4, 0.5) is 0 Å². The van der Waals surface area contributed by atoms with Crippen LogP contribution in [-0.2, 0) is 10.8 Å². The van der Waals surface area contributed by atoms with Gasteiger partial charge in [-0.15, -0.1) is 0 Å². The molecule has 2 aliphatic rings. The molecule has 0 heteroatoms. The van der Waals surface area contributed by atoms with E-state index >= 15 is 0 Å². The molecule has 0 saturated heterocycles.